The number of benzene rings is 2. The molecule has 4 rings (SSSR count). The third-order valence-corrected chi connectivity index (χ3v) is 4.37. The molecule has 0 N–H and O–H groups in total. The van der Waals surface area contributed by atoms with Crippen molar-refractivity contribution < 1.29 is 4.79 Å². The normalized spacial score (nSPS) is 21.5. The zero-order valence-corrected chi connectivity index (χ0v) is 11.8. The zero-order valence-electron chi connectivity index (χ0n) is 11.8. The Morgan fingerprint density at radius 2 is 1.62 bits per heavy atom. The molecular formula is C17H15N3O. The summed E-state index contributed by atoms with van der Waals surface area (Å²) >= 11 is 0. The first-order valence-electron chi connectivity index (χ1n) is 7.14. The van der Waals surface area contributed by atoms with Gasteiger partial charge in [0.25, 0.3) is 0 Å². The second-order valence-corrected chi connectivity index (χ2v) is 5.72. The molecular weight excluding hydrogens is 262 g/mol. The summed E-state index contributed by atoms with van der Waals surface area (Å²) < 4.78 is 0. The van der Waals surface area contributed by atoms with E-state index in [4.69, 9.17) is 0 Å². The predicted octanol–water partition coefficient (Wildman–Crippen LogP) is 3.17. The minimum atomic E-state index is -0.372. The molecule has 1 unspecified atom stereocenters. The van der Waals surface area contributed by atoms with Crippen LogP contribution in [0.3, 0.4) is 0 Å². The van der Waals surface area contributed by atoms with Crippen LogP contribution >= 0.6 is 0 Å². The summed E-state index contributed by atoms with van der Waals surface area (Å²) in [6, 6.07) is 15.6. The fourth-order valence-electron chi connectivity index (χ4n) is 3.11. The smallest absolute Gasteiger partial charge is 0.163 e. The van der Waals surface area contributed by atoms with Gasteiger partial charge in [0.1, 0.15) is 16.6 Å². The largest absolute Gasteiger partial charge is 0.294 e. The van der Waals surface area contributed by atoms with Crippen LogP contribution in [0.2, 0.25) is 0 Å². The number of aromatic nitrogens is 3. The molecule has 0 amide bonds. The molecule has 0 bridgehead atoms. The molecule has 3 aromatic rings. The Balaban J connectivity index is 1.94. The lowest BCUT2D eigenvalue weighted by Gasteiger charge is -2.34. The molecule has 4 nitrogen and oxygen atoms in total. The van der Waals surface area contributed by atoms with Crippen LogP contribution in [0, 0.1) is 0 Å². The highest BCUT2D eigenvalue weighted by Crippen LogP contribution is 2.37. The van der Waals surface area contributed by atoms with E-state index in [-0.39, 0.29) is 11.3 Å². The highest BCUT2D eigenvalue weighted by atomic mass is 16.1. The minimum absolute atomic E-state index is 0.208. The third-order valence-electron chi connectivity index (χ3n) is 4.37. The molecule has 2 aromatic carbocycles. The van der Waals surface area contributed by atoms with Crippen LogP contribution in [0.4, 0.5) is 0 Å². The molecule has 0 radical (unpaired) electrons. The van der Waals surface area contributed by atoms with Crippen molar-refractivity contribution in [2.75, 3.05) is 0 Å². The standard InChI is InChI=1S/C17H15N3O/c1-17(20-18-14-8-4-5-9-15(14)19-20)11-10-16(21)12-6-2-3-7-13(12)17/h2-9H,10-11H2,1H3. The minimum Gasteiger partial charge on any atom is -0.294 e. The fraction of sp³-hybridized carbons (Fsp3) is 0.235. The van der Waals surface area contributed by atoms with Crippen molar-refractivity contribution in [1.29, 1.82) is 0 Å². The van der Waals surface area contributed by atoms with E-state index in [0.29, 0.717) is 6.42 Å². The second kappa shape index (κ2) is 4.25. The fourth-order valence-corrected chi connectivity index (χ4v) is 3.11. The Bertz CT molecular complexity index is 819. The number of nitrogens with zero attached hydrogens (tertiary/aromatic N) is 3. The summed E-state index contributed by atoms with van der Waals surface area (Å²) in [7, 11) is 0. The summed E-state index contributed by atoms with van der Waals surface area (Å²) in [6.45, 7) is 2.11. The van der Waals surface area contributed by atoms with Crippen LogP contribution < -0.4 is 0 Å². The number of Topliss-reactive ketones (excluding diaryl/α,β-unsaturated/α-hetero) is 1. The van der Waals surface area contributed by atoms with Gasteiger partial charge in [0.15, 0.2) is 5.78 Å². The van der Waals surface area contributed by atoms with Gasteiger partial charge in [-0.2, -0.15) is 15.0 Å². The lowest BCUT2D eigenvalue weighted by atomic mass is 9.77. The summed E-state index contributed by atoms with van der Waals surface area (Å²) in [5.41, 5.74) is 3.21. The second-order valence-electron chi connectivity index (χ2n) is 5.72. The molecule has 1 atom stereocenters. The van der Waals surface area contributed by atoms with Gasteiger partial charge in [-0.15, -0.1) is 0 Å². The number of rotatable bonds is 1. The van der Waals surface area contributed by atoms with Crippen LogP contribution in [0.1, 0.15) is 35.7 Å². The average Bonchev–Trinajstić information content (AvgIpc) is 2.96. The van der Waals surface area contributed by atoms with Crippen LogP contribution in [-0.4, -0.2) is 20.8 Å². The Kier molecular flexibility index (Phi) is 2.48. The first-order chi connectivity index (χ1) is 10.2. The van der Waals surface area contributed by atoms with Crippen molar-refractivity contribution in [3.8, 4) is 0 Å². The van der Waals surface area contributed by atoms with Crippen LogP contribution in [-0.2, 0) is 5.54 Å². The molecule has 1 aliphatic carbocycles. The SMILES string of the molecule is CC1(n2nc3ccccc3n2)CCC(=O)c2ccccc21. The summed E-state index contributed by atoms with van der Waals surface area (Å²) in [5.74, 6) is 0.208. The number of carbonyl (C=O) groups excluding carboxylic acids is 1. The van der Waals surface area contributed by atoms with Gasteiger partial charge in [-0.1, -0.05) is 36.4 Å². The monoisotopic (exact) mass is 277 g/mol. The van der Waals surface area contributed by atoms with Crippen molar-refractivity contribution in [2.45, 2.75) is 25.3 Å². The maximum atomic E-state index is 12.1. The van der Waals surface area contributed by atoms with Gasteiger partial charge in [0.05, 0.1) is 0 Å². The molecule has 1 heterocycles. The average molecular weight is 277 g/mol. The quantitative estimate of drug-likeness (QED) is 0.686. The molecule has 0 fully saturated rings. The van der Waals surface area contributed by atoms with E-state index in [1.807, 2.05) is 48.5 Å². The van der Waals surface area contributed by atoms with E-state index in [1.54, 1.807) is 4.80 Å². The van der Waals surface area contributed by atoms with E-state index in [2.05, 4.69) is 17.1 Å². The van der Waals surface area contributed by atoms with Gasteiger partial charge in [-0.05, 0) is 31.0 Å². The van der Waals surface area contributed by atoms with Crippen molar-refractivity contribution in [3.63, 3.8) is 0 Å². The number of hydrogen-bond acceptors (Lipinski definition) is 3. The topological polar surface area (TPSA) is 47.8 Å². The first kappa shape index (κ1) is 12.3. The summed E-state index contributed by atoms with van der Waals surface area (Å²) in [5, 5.41) is 9.25. The maximum absolute atomic E-state index is 12.1. The number of ketones is 1. The highest BCUT2D eigenvalue weighted by Gasteiger charge is 2.38. The molecule has 1 aliphatic rings. The van der Waals surface area contributed by atoms with Crippen molar-refractivity contribution >= 4 is 16.8 Å². The van der Waals surface area contributed by atoms with E-state index < -0.39 is 0 Å². The Labute approximate surface area is 122 Å². The van der Waals surface area contributed by atoms with Gasteiger partial charge in [-0.25, -0.2) is 0 Å². The first-order valence-corrected chi connectivity index (χ1v) is 7.14. The van der Waals surface area contributed by atoms with Crippen molar-refractivity contribution in [1.82, 2.24) is 15.0 Å². The van der Waals surface area contributed by atoms with E-state index >= 15 is 0 Å². The molecule has 1 aromatic heterocycles. The summed E-state index contributed by atoms with van der Waals surface area (Å²) in [6.07, 6.45) is 1.26. The molecule has 0 saturated carbocycles. The zero-order chi connectivity index (χ0) is 14.4. The van der Waals surface area contributed by atoms with Crippen LogP contribution in [0.5, 0.6) is 0 Å². The summed E-state index contributed by atoms with van der Waals surface area (Å²) in [4.78, 5) is 13.9. The third kappa shape index (κ3) is 1.72. The number of hydrogen-bond donors (Lipinski definition) is 0. The van der Waals surface area contributed by atoms with Gasteiger partial charge >= 0.3 is 0 Å². The van der Waals surface area contributed by atoms with E-state index in [0.717, 1.165) is 28.6 Å². The molecule has 0 spiro atoms. The van der Waals surface area contributed by atoms with Crippen LogP contribution in [0.15, 0.2) is 48.5 Å². The Hall–Kier alpha value is -2.49. The van der Waals surface area contributed by atoms with Gasteiger partial charge in [0, 0.05) is 12.0 Å². The molecule has 0 saturated heterocycles. The van der Waals surface area contributed by atoms with Gasteiger partial charge in [-0.3, -0.25) is 4.79 Å². The number of carbonyl (C=O) groups is 1. The molecule has 104 valence electrons. The molecule has 0 aliphatic heterocycles. The van der Waals surface area contributed by atoms with Gasteiger partial charge < -0.3 is 0 Å². The highest BCUT2D eigenvalue weighted by molar-refractivity contribution is 5.99. The molecule has 4 heteroatoms. The predicted molar refractivity (Wildman–Crippen MR) is 80.3 cm³/mol. The van der Waals surface area contributed by atoms with E-state index in [9.17, 15) is 4.79 Å². The van der Waals surface area contributed by atoms with Crippen molar-refractivity contribution in [3.05, 3.63) is 59.7 Å². The molecule has 21 heavy (non-hydrogen) atoms. The van der Waals surface area contributed by atoms with Crippen molar-refractivity contribution in [2.24, 2.45) is 0 Å². The van der Waals surface area contributed by atoms with Crippen LogP contribution in [0.25, 0.3) is 11.0 Å². The maximum Gasteiger partial charge on any atom is 0.163 e. The van der Waals surface area contributed by atoms with Gasteiger partial charge in [0.2, 0.25) is 0 Å². The lowest BCUT2D eigenvalue weighted by Crippen LogP contribution is -2.38. The Morgan fingerprint density at radius 1 is 1.00 bits per heavy atom. The van der Waals surface area contributed by atoms with E-state index in [1.165, 1.54) is 0 Å². The lowest BCUT2D eigenvalue weighted by molar-refractivity contribution is 0.0940. The number of fused-ring (bicyclic) bond motifs is 2. The Morgan fingerprint density at radius 3 is 2.33 bits per heavy atom.